The highest BCUT2D eigenvalue weighted by atomic mass is 32.2. The Hall–Kier alpha value is -2.85. The molecule has 2 amide bonds. The third kappa shape index (κ3) is 4.12. The number of carbonyl (C=O) groups excluding carboxylic acids is 2. The molecule has 2 N–H and O–H groups in total. The first-order valence-electron chi connectivity index (χ1n) is 8.10. The molecular weight excluding hydrogens is 374 g/mol. The van der Waals surface area contributed by atoms with Crippen molar-refractivity contribution in [2.45, 2.75) is 18.4 Å². The van der Waals surface area contributed by atoms with Crippen LogP contribution in [-0.2, 0) is 26.2 Å². The molecule has 144 valence electrons. The van der Waals surface area contributed by atoms with E-state index in [0.717, 1.165) is 4.31 Å². The van der Waals surface area contributed by atoms with Gasteiger partial charge < -0.3 is 19.8 Å². The number of amides is 2. The summed E-state index contributed by atoms with van der Waals surface area (Å²) in [5.74, 6) is 0.0764. The molecule has 2 heterocycles. The lowest BCUT2D eigenvalue weighted by Crippen LogP contribution is -2.38. The van der Waals surface area contributed by atoms with Crippen LogP contribution < -0.4 is 15.4 Å². The van der Waals surface area contributed by atoms with Crippen LogP contribution in [0, 0.1) is 6.92 Å². The second-order valence-electron chi connectivity index (χ2n) is 6.07. The van der Waals surface area contributed by atoms with E-state index in [2.05, 4.69) is 10.6 Å². The van der Waals surface area contributed by atoms with Crippen molar-refractivity contribution in [1.29, 1.82) is 0 Å². The lowest BCUT2D eigenvalue weighted by molar-refractivity contribution is -0.121. The number of sulfonamides is 1. The SMILES string of the molecule is Cc1cc2c(cc1S(=O)(=O)N(C)CC(=O)NCc1ccco1)OCC(=O)N2. The standard InChI is InChI=1S/C17H19N3O6S/c1-11-6-13-14(26-10-17(22)19-13)7-15(11)27(23,24)20(2)9-16(21)18-8-12-4-3-5-25-12/h3-7H,8-10H2,1-2H3,(H,18,21)(H,19,22). The fourth-order valence-electron chi connectivity index (χ4n) is 2.60. The van der Waals surface area contributed by atoms with Gasteiger partial charge in [-0.1, -0.05) is 0 Å². The predicted octanol–water partition coefficient (Wildman–Crippen LogP) is 0.856. The quantitative estimate of drug-likeness (QED) is 0.751. The Morgan fingerprint density at radius 1 is 1.37 bits per heavy atom. The number of anilines is 1. The Labute approximate surface area is 156 Å². The Balaban J connectivity index is 1.73. The number of aryl methyl sites for hydroxylation is 1. The van der Waals surface area contributed by atoms with Crippen molar-refractivity contribution in [3.05, 3.63) is 41.9 Å². The number of ether oxygens (including phenoxy) is 1. The minimum absolute atomic E-state index is 0.0127. The first-order chi connectivity index (χ1) is 12.8. The maximum atomic E-state index is 12.9. The van der Waals surface area contributed by atoms with E-state index in [-0.39, 0.29) is 36.2 Å². The highest BCUT2D eigenvalue weighted by Gasteiger charge is 2.28. The minimum Gasteiger partial charge on any atom is -0.482 e. The van der Waals surface area contributed by atoms with Gasteiger partial charge in [-0.25, -0.2) is 8.42 Å². The van der Waals surface area contributed by atoms with Crippen LogP contribution in [0.1, 0.15) is 11.3 Å². The van der Waals surface area contributed by atoms with Crippen molar-refractivity contribution < 1.29 is 27.2 Å². The Kier molecular flexibility index (Phi) is 5.19. The highest BCUT2D eigenvalue weighted by Crippen LogP contribution is 2.33. The normalized spacial score (nSPS) is 13.7. The number of nitrogens with one attached hydrogen (secondary N) is 2. The fraction of sp³-hybridized carbons (Fsp3) is 0.294. The molecule has 0 fully saturated rings. The van der Waals surface area contributed by atoms with Crippen LogP contribution in [0.4, 0.5) is 5.69 Å². The smallest absolute Gasteiger partial charge is 0.262 e. The number of hydrogen-bond acceptors (Lipinski definition) is 6. The first-order valence-corrected chi connectivity index (χ1v) is 9.54. The van der Waals surface area contributed by atoms with E-state index in [1.807, 2.05) is 0 Å². The summed E-state index contributed by atoms with van der Waals surface area (Å²) in [6, 6.07) is 6.29. The molecule has 27 heavy (non-hydrogen) atoms. The molecule has 0 saturated carbocycles. The minimum atomic E-state index is -3.93. The van der Waals surface area contributed by atoms with Crippen molar-refractivity contribution in [1.82, 2.24) is 9.62 Å². The topological polar surface area (TPSA) is 118 Å². The molecule has 0 unspecified atom stereocenters. The van der Waals surface area contributed by atoms with E-state index in [0.29, 0.717) is 17.0 Å². The number of rotatable bonds is 6. The molecule has 0 aliphatic carbocycles. The van der Waals surface area contributed by atoms with Gasteiger partial charge in [0.25, 0.3) is 5.91 Å². The van der Waals surface area contributed by atoms with Crippen LogP contribution in [-0.4, -0.2) is 44.7 Å². The third-order valence-corrected chi connectivity index (χ3v) is 5.95. The fourth-order valence-corrected chi connectivity index (χ4v) is 3.95. The van der Waals surface area contributed by atoms with Gasteiger partial charge in [-0.05, 0) is 30.7 Å². The number of benzene rings is 1. The summed E-state index contributed by atoms with van der Waals surface area (Å²) in [5, 5.41) is 5.22. The summed E-state index contributed by atoms with van der Waals surface area (Å²) in [5.41, 5.74) is 0.851. The predicted molar refractivity (Wildman–Crippen MR) is 95.7 cm³/mol. The summed E-state index contributed by atoms with van der Waals surface area (Å²) >= 11 is 0. The molecule has 0 bridgehead atoms. The number of carbonyl (C=O) groups is 2. The number of furan rings is 1. The van der Waals surface area contributed by atoms with Gasteiger partial charge >= 0.3 is 0 Å². The zero-order valence-corrected chi connectivity index (χ0v) is 15.6. The van der Waals surface area contributed by atoms with Crippen molar-refractivity contribution in [2.75, 3.05) is 25.5 Å². The molecule has 3 rings (SSSR count). The largest absolute Gasteiger partial charge is 0.482 e. The summed E-state index contributed by atoms with van der Waals surface area (Å²) in [7, 11) is -2.60. The average molecular weight is 393 g/mol. The second-order valence-corrected chi connectivity index (χ2v) is 8.08. The van der Waals surface area contributed by atoms with Crippen molar-refractivity contribution >= 4 is 27.5 Å². The third-order valence-electron chi connectivity index (χ3n) is 4.00. The van der Waals surface area contributed by atoms with E-state index in [1.54, 1.807) is 19.1 Å². The van der Waals surface area contributed by atoms with Crippen molar-refractivity contribution in [3.63, 3.8) is 0 Å². The number of fused-ring (bicyclic) bond motifs is 1. The van der Waals surface area contributed by atoms with Gasteiger partial charge in [0.2, 0.25) is 15.9 Å². The van der Waals surface area contributed by atoms with Gasteiger partial charge in [0.05, 0.1) is 29.9 Å². The van der Waals surface area contributed by atoms with Crippen LogP contribution in [0.3, 0.4) is 0 Å². The number of likely N-dealkylation sites (N-methyl/N-ethyl adjacent to an activating group) is 1. The van der Waals surface area contributed by atoms with E-state index < -0.39 is 15.9 Å². The summed E-state index contributed by atoms with van der Waals surface area (Å²) in [4.78, 5) is 23.4. The lowest BCUT2D eigenvalue weighted by atomic mass is 10.2. The van der Waals surface area contributed by atoms with Gasteiger partial charge in [-0.2, -0.15) is 4.31 Å². The molecule has 0 spiro atoms. The van der Waals surface area contributed by atoms with Gasteiger partial charge in [0.1, 0.15) is 11.5 Å². The average Bonchev–Trinajstić information content (AvgIpc) is 3.12. The molecule has 1 aliphatic heterocycles. The first kappa shape index (κ1) is 18.9. The van der Waals surface area contributed by atoms with E-state index in [4.69, 9.17) is 9.15 Å². The van der Waals surface area contributed by atoms with Crippen LogP contribution in [0.2, 0.25) is 0 Å². The molecule has 1 aliphatic rings. The molecule has 2 aromatic rings. The number of hydrogen-bond donors (Lipinski definition) is 2. The lowest BCUT2D eigenvalue weighted by Gasteiger charge is -2.22. The second kappa shape index (κ2) is 7.41. The zero-order chi connectivity index (χ0) is 19.6. The molecule has 0 atom stereocenters. The van der Waals surface area contributed by atoms with Gasteiger partial charge in [-0.15, -0.1) is 0 Å². The molecule has 10 heteroatoms. The molecule has 1 aromatic heterocycles. The zero-order valence-electron chi connectivity index (χ0n) is 14.8. The Morgan fingerprint density at radius 3 is 2.85 bits per heavy atom. The van der Waals surface area contributed by atoms with E-state index in [1.165, 1.54) is 25.4 Å². The number of nitrogens with zero attached hydrogens (tertiary/aromatic N) is 1. The Bertz CT molecular complexity index is 969. The van der Waals surface area contributed by atoms with Crippen LogP contribution in [0.25, 0.3) is 0 Å². The monoisotopic (exact) mass is 393 g/mol. The van der Waals surface area contributed by atoms with Gasteiger partial charge in [0, 0.05) is 13.1 Å². The molecule has 1 aromatic carbocycles. The summed E-state index contributed by atoms with van der Waals surface area (Å²) < 4.78 is 37.1. The van der Waals surface area contributed by atoms with Crippen LogP contribution in [0.15, 0.2) is 39.8 Å². The molecule has 9 nitrogen and oxygen atoms in total. The van der Waals surface area contributed by atoms with E-state index in [9.17, 15) is 18.0 Å². The summed E-state index contributed by atoms with van der Waals surface area (Å²) in [6.07, 6.45) is 1.49. The Morgan fingerprint density at radius 2 is 2.15 bits per heavy atom. The van der Waals surface area contributed by atoms with Crippen molar-refractivity contribution in [2.24, 2.45) is 0 Å². The van der Waals surface area contributed by atoms with Gasteiger partial charge in [-0.3, -0.25) is 9.59 Å². The highest BCUT2D eigenvalue weighted by molar-refractivity contribution is 7.89. The van der Waals surface area contributed by atoms with Crippen LogP contribution in [0.5, 0.6) is 5.75 Å². The van der Waals surface area contributed by atoms with E-state index >= 15 is 0 Å². The maximum Gasteiger partial charge on any atom is 0.262 e. The molecular formula is C17H19N3O6S. The molecule has 0 radical (unpaired) electrons. The molecule has 0 saturated heterocycles. The summed E-state index contributed by atoms with van der Waals surface area (Å²) in [6.45, 7) is 1.25. The van der Waals surface area contributed by atoms with Gasteiger partial charge in [0.15, 0.2) is 6.61 Å². The maximum absolute atomic E-state index is 12.9. The van der Waals surface area contributed by atoms with Crippen molar-refractivity contribution in [3.8, 4) is 5.75 Å². The van der Waals surface area contributed by atoms with Crippen LogP contribution >= 0.6 is 0 Å².